The zero-order valence-corrected chi connectivity index (χ0v) is 12.3. The lowest BCUT2D eigenvalue weighted by atomic mass is 10.2. The molecule has 1 amide bonds. The Bertz CT molecular complexity index is 566. The molecule has 21 heavy (non-hydrogen) atoms. The molecule has 4 heteroatoms. The van der Waals surface area contributed by atoms with Crippen LogP contribution in [0.15, 0.2) is 54.6 Å². The van der Waals surface area contributed by atoms with E-state index in [0.717, 1.165) is 30.0 Å². The number of nitrogens with zero attached hydrogens (tertiary/aromatic N) is 1. The number of amides is 1. The Labute approximate surface area is 125 Å². The Morgan fingerprint density at radius 3 is 2.38 bits per heavy atom. The van der Waals surface area contributed by atoms with Crippen LogP contribution >= 0.6 is 0 Å². The average molecular weight is 283 g/mol. The van der Waals surface area contributed by atoms with E-state index in [1.807, 2.05) is 61.5 Å². The van der Waals surface area contributed by atoms with Gasteiger partial charge in [0.1, 0.15) is 0 Å². The number of benzene rings is 2. The van der Waals surface area contributed by atoms with Gasteiger partial charge in [-0.2, -0.15) is 0 Å². The smallest absolute Gasteiger partial charge is 0.238 e. The van der Waals surface area contributed by atoms with Crippen molar-refractivity contribution in [1.29, 1.82) is 0 Å². The van der Waals surface area contributed by atoms with Gasteiger partial charge in [-0.3, -0.25) is 9.69 Å². The first-order valence-corrected chi connectivity index (χ1v) is 7.09. The molecule has 2 aromatic carbocycles. The highest BCUT2D eigenvalue weighted by atomic mass is 16.2. The molecule has 2 aromatic rings. The number of hydrogen-bond donors (Lipinski definition) is 2. The first-order valence-electron chi connectivity index (χ1n) is 7.09. The highest BCUT2D eigenvalue weighted by Gasteiger charge is 2.09. The monoisotopic (exact) mass is 283 g/mol. The number of nitrogens with two attached hydrogens (primary N) is 1. The molecule has 0 fully saturated rings. The first-order chi connectivity index (χ1) is 10.2. The number of likely N-dealkylation sites (N-methyl/N-ethyl adjacent to an activating group) is 1. The zero-order valence-electron chi connectivity index (χ0n) is 12.3. The molecule has 2 rings (SSSR count). The van der Waals surface area contributed by atoms with Gasteiger partial charge in [0.15, 0.2) is 0 Å². The molecule has 0 unspecified atom stereocenters. The summed E-state index contributed by atoms with van der Waals surface area (Å²) in [6.45, 7) is 3.97. The summed E-state index contributed by atoms with van der Waals surface area (Å²) in [6, 6.07) is 17.3. The molecule has 4 nitrogen and oxygen atoms in total. The number of rotatable bonds is 6. The second-order valence-electron chi connectivity index (χ2n) is 4.96. The van der Waals surface area contributed by atoms with Gasteiger partial charge in [-0.1, -0.05) is 37.3 Å². The normalized spacial score (nSPS) is 10.6. The third kappa shape index (κ3) is 4.93. The van der Waals surface area contributed by atoms with Crippen LogP contribution in [-0.2, 0) is 11.3 Å². The minimum atomic E-state index is -0.00139. The van der Waals surface area contributed by atoms with Crippen molar-refractivity contribution in [3.8, 4) is 0 Å². The fourth-order valence-electron chi connectivity index (χ4n) is 2.09. The summed E-state index contributed by atoms with van der Waals surface area (Å²) in [5, 5.41) is 2.90. The summed E-state index contributed by atoms with van der Waals surface area (Å²) < 4.78 is 0. The Kier molecular flexibility index (Phi) is 5.35. The number of nitrogens with one attached hydrogen (secondary N) is 1. The number of carbonyl (C=O) groups excluding carboxylic acids is 1. The largest absolute Gasteiger partial charge is 0.399 e. The van der Waals surface area contributed by atoms with E-state index in [1.54, 1.807) is 0 Å². The van der Waals surface area contributed by atoms with E-state index in [4.69, 9.17) is 5.73 Å². The maximum atomic E-state index is 12.1. The predicted molar refractivity (Wildman–Crippen MR) is 86.9 cm³/mol. The van der Waals surface area contributed by atoms with E-state index < -0.39 is 0 Å². The number of carbonyl (C=O) groups is 1. The van der Waals surface area contributed by atoms with Gasteiger partial charge in [-0.15, -0.1) is 0 Å². The van der Waals surface area contributed by atoms with Gasteiger partial charge < -0.3 is 11.1 Å². The van der Waals surface area contributed by atoms with Crippen LogP contribution in [-0.4, -0.2) is 23.9 Å². The maximum Gasteiger partial charge on any atom is 0.238 e. The zero-order chi connectivity index (χ0) is 15.1. The second-order valence-corrected chi connectivity index (χ2v) is 4.96. The summed E-state index contributed by atoms with van der Waals surface area (Å²) in [5.41, 5.74) is 8.41. The molecule has 0 saturated heterocycles. The van der Waals surface area contributed by atoms with Crippen LogP contribution in [0.4, 0.5) is 11.4 Å². The van der Waals surface area contributed by atoms with Crippen LogP contribution < -0.4 is 11.1 Å². The third-order valence-corrected chi connectivity index (χ3v) is 3.26. The molecule has 110 valence electrons. The number of nitrogen functional groups attached to an aromatic ring is 1. The predicted octanol–water partition coefficient (Wildman–Crippen LogP) is 2.73. The van der Waals surface area contributed by atoms with Gasteiger partial charge in [0.2, 0.25) is 5.91 Å². The molecule has 0 saturated carbocycles. The number of para-hydroxylation sites is 1. The summed E-state index contributed by atoms with van der Waals surface area (Å²) in [4.78, 5) is 14.1. The summed E-state index contributed by atoms with van der Waals surface area (Å²) in [7, 11) is 0. The lowest BCUT2D eigenvalue weighted by Crippen LogP contribution is -2.32. The standard InChI is InChI=1S/C17H21N3O/c1-2-20(12-14-8-10-15(18)11-9-14)13-17(21)19-16-6-4-3-5-7-16/h3-11H,2,12-13,18H2,1H3,(H,19,21). The molecular weight excluding hydrogens is 262 g/mol. The average Bonchev–Trinajstić information content (AvgIpc) is 2.49. The van der Waals surface area contributed by atoms with Gasteiger partial charge in [-0.25, -0.2) is 0 Å². The van der Waals surface area contributed by atoms with E-state index in [2.05, 4.69) is 10.2 Å². The summed E-state index contributed by atoms with van der Waals surface area (Å²) in [6.07, 6.45) is 0. The SMILES string of the molecule is CCN(CC(=O)Nc1ccccc1)Cc1ccc(N)cc1. The van der Waals surface area contributed by atoms with Crippen LogP contribution in [0.5, 0.6) is 0 Å². The van der Waals surface area contributed by atoms with Crippen molar-refractivity contribution in [2.24, 2.45) is 0 Å². The minimum Gasteiger partial charge on any atom is -0.399 e. The molecule has 0 aromatic heterocycles. The molecule has 3 N–H and O–H groups in total. The van der Waals surface area contributed by atoms with Crippen molar-refractivity contribution >= 4 is 17.3 Å². The van der Waals surface area contributed by atoms with Gasteiger partial charge in [0.05, 0.1) is 6.54 Å². The molecule has 0 heterocycles. The molecule has 0 aliphatic heterocycles. The molecule has 0 bridgehead atoms. The fourth-order valence-corrected chi connectivity index (χ4v) is 2.09. The van der Waals surface area contributed by atoms with E-state index in [1.165, 1.54) is 0 Å². The highest BCUT2D eigenvalue weighted by molar-refractivity contribution is 5.92. The van der Waals surface area contributed by atoms with Gasteiger partial charge in [0, 0.05) is 17.9 Å². The molecule has 0 spiro atoms. The van der Waals surface area contributed by atoms with Crippen LogP contribution in [0.3, 0.4) is 0 Å². The molecule has 0 aliphatic rings. The van der Waals surface area contributed by atoms with Crippen LogP contribution in [0, 0.1) is 0 Å². The first kappa shape index (κ1) is 15.1. The fraction of sp³-hybridized carbons (Fsp3) is 0.235. The minimum absolute atomic E-state index is 0.00139. The quantitative estimate of drug-likeness (QED) is 0.801. The van der Waals surface area contributed by atoms with Crippen molar-refractivity contribution < 1.29 is 4.79 Å². The van der Waals surface area contributed by atoms with Crippen molar-refractivity contribution in [3.63, 3.8) is 0 Å². The molecule has 0 aliphatic carbocycles. The third-order valence-electron chi connectivity index (χ3n) is 3.26. The number of hydrogen-bond acceptors (Lipinski definition) is 3. The molecule has 0 radical (unpaired) electrons. The van der Waals surface area contributed by atoms with Gasteiger partial charge in [-0.05, 0) is 36.4 Å². The Balaban J connectivity index is 1.89. The van der Waals surface area contributed by atoms with Crippen LogP contribution in [0.2, 0.25) is 0 Å². The van der Waals surface area contributed by atoms with Crippen LogP contribution in [0.1, 0.15) is 12.5 Å². The lowest BCUT2D eigenvalue weighted by molar-refractivity contribution is -0.117. The van der Waals surface area contributed by atoms with Gasteiger partial charge >= 0.3 is 0 Å². The highest BCUT2D eigenvalue weighted by Crippen LogP contribution is 2.09. The van der Waals surface area contributed by atoms with E-state index in [-0.39, 0.29) is 5.91 Å². The summed E-state index contributed by atoms with van der Waals surface area (Å²) in [5.74, 6) is -0.00139. The van der Waals surface area contributed by atoms with Crippen molar-refractivity contribution in [2.45, 2.75) is 13.5 Å². The lowest BCUT2D eigenvalue weighted by Gasteiger charge is -2.20. The Morgan fingerprint density at radius 2 is 1.76 bits per heavy atom. The van der Waals surface area contributed by atoms with Crippen molar-refractivity contribution in [3.05, 3.63) is 60.2 Å². The van der Waals surface area contributed by atoms with E-state index in [0.29, 0.717) is 6.54 Å². The van der Waals surface area contributed by atoms with E-state index >= 15 is 0 Å². The van der Waals surface area contributed by atoms with Crippen LogP contribution in [0.25, 0.3) is 0 Å². The molecule has 0 atom stereocenters. The summed E-state index contributed by atoms with van der Waals surface area (Å²) >= 11 is 0. The van der Waals surface area contributed by atoms with Crippen molar-refractivity contribution in [2.75, 3.05) is 24.1 Å². The number of anilines is 2. The second kappa shape index (κ2) is 7.45. The maximum absolute atomic E-state index is 12.1. The Hall–Kier alpha value is -2.33. The Morgan fingerprint density at radius 1 is 1.10 bits per heavy atom. The van der Waals surface area contributed by atoms with Crippen molar-refractivity contribution in [1.82, 2.24) is 4.90 Å². The van der Waals surface area contributed by atoms with E-state index in [9.17, 15) is 4.79 Å². The molecular formula is C17H21N3O. The topological polar surface area (TPSA) is 58.4 Å². The van der Waals surface area contributed by atoms with Gasteiger partial charge in [0.25, 0.3) is 0 Å².